The second-order valence-corrected chi connectivity index (χ2v) is 5.15. The third kappa shape index (κ3) is 2.12. The van der Waals surface area contributed by atoms with Gasteiger partial charge in [0.1, 0.15) is 0 Å². The molecule has 0 aromatic rings. The standard InChI is InChI=1S/C12H23N2/c1-12(6-3-9-14(12)2)10-11-4-7-13-8-5-11/h11,13H,1,3-10H2,2H3. The second kappa shape index (κ2) is 4.19. The summed E-state index contributed by atoms with van der Waals surface area (Å²) in [5, 5.41) is 3.43. The van der Waals surface area contributed by atoms with Crippen molar-refractivity contribution >= 4 is 0 Å². The first-order valence-electron chi connectivity index (χ1n) is 5.98. The second-order valence-electron chi connectivity index (χ2n) is 5.15. The largest absolute Gasteiger partial charge is 0.317 e. The van der Waals surface area contributed by atoms with Crippen molar-refractivity contribution in [3.63, 3.8) is 0 Å². The Balaban J connectivity index is 1.88. The van der Waals surface area contributed by atoms with Crippen molar-refractivity contribution in [2.45, 2.75) is 37.6 Å². The molecular formula is C12H23N2. The molecule has 14 heavy (non-hydrogen) atoms. The van der Waals surface area contributed by atoms with Gasteiger partial charge in [-0.3, -0.25) is 0 Å². The minimum absolute atomic E-state index is 0.266. The van der Waals surface area contributed by atoms with Gasteiger partial charge in [-0.1, -0.05) is 0 Å². The Hall–Kier alpha value is -0.0800. The molecule has 2 aliphatic heterocycles. The summed E-state index contributed by atoms with van der Waals surface area (Å²) in [4.78, 5) is 2.47. The third-order valence-corrected chi connectivity index (χ3v) is 4.07. The number of hydrogen-bond donors (Lipinski definition) is 1. The molecule has 0 bridgehead atoms. The van der Waals surface area contributed by atoms with Crippen LogP contribution in [0, 0.1) is 12.8 Å². The molecular weight excluding hydrogens is 172 g/mol. The predicted octanol–water partition coefficient (Wildman–Crippen LogP) is 1.67. The molecule has 1 atom stereocenters. The highest BCUT2D eigenvalue weighted by Crippen LogP contribution is 2.35. The van der Waals surface area contributed by atoms with Crippen molar-refractivity contribution in [2.24, 2.45) is 5.92 Å². The quantitative estimate of drug-likeness (QED) is 0.721. The zero-order chi connectivity index (χ0) is 10.0. The van der Waals surface area contributed by atoms with Gasteiger partial charge in [0.25, 0.3) is 0 Å². The molecule has 0 aromatic carbocycles. The van der Waals surface area contributed by atoms with Gasteiger partial charge in [-0.2, -0.15) is 0 Å². The number of rotatable bonds is 2. The van der Waals surface area contributed by atoms with Gasteiger partial charge in [-0.25, -0.2) is 0 Å². The van der Waals surface area contributed by atoms with Crippen LogP contribution in [-0.4, -0.2) is 37.1 Å². The summed E-state index contributed by atoms with van der Waals surface area (Å²) >= 11 is 0. The Morgan fingerprint density at radius 3 is 2.71 bits per heavy atom. The van der Waals surface area contributed by atoms with Crippen molar-refractivity contribution < 1.29 is 0 Å². The lowest BCUT2D eigenvalue weighted by atomic mass is 9.82. The fraction of sp³-hybridized carbons (Fsp3) is 0.917. The molecule has 2 saturated heterocycles. The lowest BCUT2D eigenvalue weighted by Gasteiger charge is -2.37. The Morgan fingerprint density at radius 1 is 1.43 bits per heavy atom. The van der Waals surface area contributed by atoms with Crippen LogP contribution >= 0.6 is 0 Å². The monoisotopic (exact) mass is 195 g/mol. The van der Waals surface area contributed by atoms with Crippen LogP contribution in [-0.2, 0) is 0 Å². The summed E-state index contributed by atoms with van der Waals surface area (Å²) in [6.07, 6.45) is 6.65. The number of likely N-dealkylation sites (tertiary alicyclic amines) is 1. The van der Waals surface area contributed by atoms with Gasteiger partial charge in [0.15, 0.2) is 0 Å². The molecule has 2 fully saturated rings. The van der Waals surface area contributed by atoms with Crippen LogP contribution in [0.15, 0.2) is 0 Å². The van der Waals surface area contributed by atoms with Crippen LogP contribution in [0.1, 0.15) is 32.1 Å². The van der Waals surface area contributed by atoms with E-state index >= 15 is 0 Å². The van der Waals surface area contributed by atoms with Crippen LogP contribution in [0.2, 0.25) is 0 Å². The zero-order valence-electron chi connectivity index (χ0n) is 9.39. The van der Waals surface area contributed by atoms with Crippen LogP contribution < -0.4 is 5.32 Å². The molecule has 1 N–H and O–H groups in total. The molecule has 2 heteroatoms. The smallest absolute Gasteiger partial charge is 0.0210 e. The average Bonchev–Trinajstić information content (AvgIpc) is 2.48. The Labute approximate surface area is 88.1 Å². The Morgan fingerprint density at radius 2 is 2.14 bits per heavy atom. The molecule has 2 rings (SSSR count). The summed E-state index contributed by atoms with van der Waals surface area (Å²) in [6, 6.07) is 0. The van der Waals surface area contributed by atoms with E-state index in [-0.39, 0.29) is 5.54 Å². The van der Waals surface area contributed by atoms with E-state index in [0.29, 0.717) is 0 Å². The topological polar surface area (TPSA) is 15.3 Å². The third-order valence-electron chi connectivity index (χ3n) is 4.07. The van der Waals surface area contributed by atoms with E-state index in [9.17, 15) is 0 Å². The van der Waals surface area contributed by atoms with Crippen molar-refractivity contribution in [1.29, 1.82) is 0 Å². The van der Waals surface area contributed by atoms with E-state index in [1.807, 2.05) is 0 Å². The normalized spacial score (nSPS) is 36.4. The first kappa shape index (κ1) is 10.4. The molecule has 0 saturated carbocycles. The van der Waals surface area contributed by atoms with Crippen molar-refractivity contribution in [2.75, 3.05) is 26.7 Å². The minimum Gasteiger partial charge on any atom is -0.317 e. The first-order valence-corrected chi connectivity index (χ1v) is 5.98. The number of hydrogen-bond acceptors (Lipinski definition) is 2. The van der Waals surface area contributed by atoms with Crippen LogP contribution in [0.25, 0.3) is 0 Å². The molecule has 2 nitrogen and oxygen atoms in total. The lowest BCUT2D eigenvalue weighted by Crippen LogP contribution is -2.42. The summed E-state index contributed by atoms with van der Waals surface area (Å²) in [7, 11) is 2.24. The van der Waals surface area contributed by atoms with Crippen LogP contribution in [0.3, 0.4) is 0 Å². The molecule has 0 spiro atoms. The highest BCUT2D eigenvalue weighted by molar-refractivity contribution is 4.98. The zero-order valence-corrected chi connectivity index (χ0v) is 9.39. The van der Waals surface area contributed by atoms with Crippen molar-refractivity contribution in [1.82, 2.24) is 10.2 Å². The van der Waals surface area contributed by atoms with Gasteiger partial charge >= 0.3 is 0 Å². The highest BCUT2D eigenvalue weighted by Gasteiger charge is 2.36. The van der Waals surface area contributed by atoms with Gasteiger partial charge < -0.3 is 10.2 Å². The lowest BCUT2D eigenvalue weighted by molar-refractivity contribution is 0.167. The number of piperidine rings is 1. The van der Waals surface area contributed by atoms with E-state index in [1.54, 1.807) is 0 Å². The van der Waals surface area contributed by atoms with E-state index in [2.05, 4.69) is 24.2 Å². The maximum absolute atomic E-state index is 4.45. The summed E-state index contributed by atoms with van der Waals surface area (Å²) in [6.45, 7) is 8.12. The molecule has 2 aliphatic rings. The molecule has 0 aromatic heterocycles. The summed E-state index contributed by atoms with van der Waals surface area (Å²) in [5.74, 6) is 0.911. The summed E-state index contributed by atoms with van der Waals surface area (Å²) in [5.41, 5.74) is 0.266. The molecule has 2 heterocycles. The van der Waals surface area contributed by atoms with Crippen molar-refractivity contribution in [3.8, 4) is 0 Å². The molecule has 0 amide bonds. The maximum Gasteiger partial charge on any atom is 0.0210 e. The Bertz CT molecular complexity index is 187. The SMILES string of the molecule is [CH2]C1(CC2CCNCC2)CCCN1C. The number of nitrogens with one attached hydrogen (secondary N) is 1. The van der Waals surface area contributed by atoms with Crippen molar-refractivity contribution in [3.05, 3.63) is 6.92 Å². The highest BCUT2D eigenvalue weighted by atomic mass is 15.2. The maximum atomic E-state index is 4.45. The average molecular weight is 195 g/mol. The fourth-order valence-corrected chi connectivity index (χ4v) is 2.95. The van der Waals surface area contributed by atoms with Gasteiger partial charge in [0, 0.05) is 5.54 Å². The molecule has 1 unspecified atom stereocenters. The first-order chi connectivity index (χ1) is 6.71. The van der Waals surface area contributed by atoms with E-state index in [1.165, 1.54) is 51.7 Å². The molecule has 0 aliphatic carbocycles. The molecule has 1 radical (unpaired) electrons. The van der Waals surface area contributed by atoms with Crippen LogP contribution in [0.5, 0.6) is 0 Å². The Kier molecular flexibility index (Phi) is 3.13. The minimum atomic E-state index is 0.266. The van der Waals surface area contributed by atoms with E-state index in [0.717, 1.165) is 5.92 Å². The predicted molar refractivity (Wildman–Crippen MR) is 60.2 cm³/mol. The van der Waals surface area contributed by atoms with Gasteiger partial charge in [-0.05, 0) is 71.6 Å². The summed E-state index contributed by atoms with van der Waals surface area (Å²) < 4.78 is 0. The number of nitrogens with zero attached hydrogens (tertiary/aromatic N) is 1. The van der Waals surface area contributed by atoms with Crippen LogP contribution in [0.4, 0.5) is 0 Å². The van der Waals surface area contributed by atoms with Gasteiger partial charge in [0.2, 0.25) is 0 Å². The van der Waals surface area contributed by atoms with E-state index in [4.69, 9.17) is 0 Å². The van der Waals surface area contributed by atoms with Gasteiger partial charge in [-0.15, -0.1) is 0 Å². The van der Waals surface area contributed by atoms with Gasteiger partial charge in [0.05, 0.1) is 0 Å². The fourth-order valence-electron chi connectivity index (χ4n) is 2.95. The molecule has 81 valence electrons. The van der Waals surface area contributed by atoms with E-state index < -0.39 is 0 Å².